The highest BCUT2D eigenvalue weighted by molar-refractivity contribution is 9.10. The van der Waals surface area contributed by atoms with E-state index in [1.807, 2.05) is 12.4 Å². The number of esters is 1. The predicted octanol–water partition coefficient (Wildman–Crippen LogP) is 3.34. The number of carbonyl (C=O) groups is 1. The van der Waals surface area contributed by atoms with E-state index in [1.165, 1.54) is 0 Å². The number of halogens is 1. The lowest BCUT2D eigenvalue weighted by molar-refractivity contribution is -0.0593. The molecule has 1 aliphatic rings. The van der Waals surface area contributed by atoms with Gasteiger partial charge in [0.25, 0.3) is 0 Å². The van der Waals surface area contributed by atoms with Crippen molar-refractivity contribution in [3.8, 4) is 0 Å². The van der Waals surface area contributed by atoms with Crippen molar-refractivity contribution >= 4 is 27.5 Å². The van der Waals surface area contributed by atoms with Gasteiger partial charge in [-0.3, -0.25) is 0 Å². The molecule has 6 nitrogen and oxygen atoms in total. The second-order valence-electron chi connectivity index (χ2n) is 6.34. The smallest absolute Gasteiger partial charge is 0.360 e. The van der Waals surface area contributed by atoms with Gasteiger partial charge in [-0.1, -0.05) is 0 Å². The van der Waals surface area contributed by atoms with E-state index in [0.29, 0.717) is 22.6 Å². The summed E-state index contributed by atoms with van der Waals surface area (Å²) in [4.78, 5) is 16.4. The Labute approximate surface area is 143 Å². The standard InChI is InChI=1S/C16H20BrN3O3/c1-4-22-15(21)13-12(17)14-18-8-11(9-20(14)19-13)10-5-6-23-16(2,3)7-10/h8-10H,4-7H2,1-3H3. The molecule has 1 saturated heterocycles. The van der Waals surface area contributed by atoms with Crippen LogP contribution >= 0.6 is 15.9 Å². The molecule has 1 atom stereocenters. The molecule has 0 aliphatic carbocycles. The van der Waals surface area contributed by atoms with Gasteiger partial charge in [-0.25, -0.2) is 14.3 Å². The van der Waals surface area contributed by atoms with E-state index in [0.717, 1.165) is 25.0 Å². The van der Waals surface area contributed by atoms with E-state index >= 15 is 0 Å². The molecule has 2 aromatic rings. The molecule has 124 valence electrons. The van der Waals surface area contributed by atoms with Crippen molar-refractivity contribution in [2.24, 2.45) is 0 Å². The Balaban J connectivity index is 1.94. The van der Waals surface area contributed by atoms with Gasteiger partial charge in [-0.05, 0) is 61.0 Å². The molecule has 23 heavy (non-hydrogen) atoms. The van der Waals surface area contributed by atoms with Gasteiger partial charge in [0, 0.05) is 19.0 Å². The molecule has 0 radical (unpaired) electrons. The third-order valence-electron chi connectivity index (χ3n) is 4.07. The van der Waals surface area contributed by atoms with E-state index in [2.05, 4.69) is 39.9 Å². The zero-order valence-corrected chi connectivity index (χ0v) is 15.1. The van der Waals surface area contributed by atoms with Crippen molar-refractivity contribution < 1.29 is 14.3 Å². The molecule has 7 heteroatoms. The van der Waals surface area contributed by atoms with Crippen LogP contribution in [0.5, 0.6) is 0 Å². The van der Waals surface area contributed by atoms with Crippen LogP contribution in [0.2, 0.25) is 0 Å². The maximum Gasteiger partial charge on any atom is 0.360 e. The maximum absolute atomic E-state index is 11.9. The van der Waals surface area contributed by atoms with Gasteiger partial charge in [-0.15, -0.1) is 0 Å². The average molecular weight is 382 g/mol. The van der Waals surface area contributed by atoms with E-state index in [-0.39, 0.29) is 11.3 Å². The minimum Gasteiger partial charge on any atom is -0.461 e. The van der Waals surface area contributed by atoms with Gasteiger partial charge in [0.1, 0.15) is 0 Å². The Morgan fingerprint density at radius 2 is 2.35 bits per heavy atom. The fourth-order valence-corrected chi connectivity index (χ4v) is 3.50. The summed E-state index contributed by atoms with van der Waals surface area (Å²) >= 11 is 3.39. The molecule has 1 unspecified atom stereocenters. The lowest BCUT2D eigenvalue weighted by Crippen LogP contribution is -2.33. The molecule has 3 heterocycles. The first-order valence-electron chi connectivity index (χ1n) is 7.76. The van der Waals surface area contributed by atoms with Gasteiger partial charge < -0.3 is 9.47 Å². The monoisotopic (exact) mass is 381 g/mol. The number of carbonyl (C=O) groups excluding carboxylic acids is 1. The summed E-state index contributed by atoms with van der Waals surface area (Å²) in [5.41, 5.74) is 1.85. The zero-order valence-electron chi connectivity index (χ0n) is 13.5. The lowest BCUT2D eigenvalue weighted by atomic mass is 9.85. The molecule has 1 fully saturated rings. The van der Waals surface area contributed by atoms with Crippen molar-refractivity contribution in [2.45, 2.75) is 45.1 Å². The molecular weight excluding hydrogens is 362 g/mol. The number of hydrogen-bond acceptors (Lipinski definition) is 5. The Morgan fingerprint density at radius 3 is 3.04 bits per heavy atom. The van der Waals surface area contributed by atoms with Gasteiger partial charge in [0.05, 0.1) is 16.7 Å². The zero-order chi connectivity index (χ0) is 16.6. The quantitative estimate of drug-likeness (QED) is 0.762. The van der Waals surface area contributed by atoms with Crippen LogP contribution in [0.3, 0.4) is 0 Å². The number of nitrogens with zero attached hydrogens (tertiary/aromatic N) is 3. The number of fused-ring (bicyclic) bond motifs is 1. The number of rotatable bonds is 3. The Bertz CT molecular complexity index is 741. The molecule has 0 bridgehead atoms. The van der Waals surface area contributed by atoms with Crippen LogP contribution in [0, 0.1) is 0 Å². The van der Waals surface area contributed by atoms with E-state index in [9.17, 15) is 4.79 Å². The van der Waals surface area contributed by atoms with Crippen LogP contribution in [0.25, 0.3) is 5.65 Å². The number of hydrogen-bond donors (Lipinski definition) is 0. The molecule has 0 N–H and O–H groups in total. The highest BCUT2D eigenvalue weighted by atomic mass is 79.9. The molecule has 0 aromatic carbocycles. The summed E-state index contributed by atoms with van der Waals surface area (Å²) in [5.74, 6) is -0.0664. The minimum atomic E-state index is -0.446. The van der Waals surface area contributed by atoms with Crippen LogP contribution in [-0.4, -0.2) is 39.4 Å². The normalized spacial score (nSPS) is 20.6. The molecule has 1 aliphatic heterocycles. The molecule has 0 amide bonds. The van der Waals surface area contributed by atoms with Crippen molar-refractivity contribution in [1.82, 2.24) is 14.6 Å². The summed E-state index contributed by atoms with van der Waals surface area (Å²) in [7, 11) is 0. The second-order valence-corrected chi connectivity index (χ2v) is 7.13. The van der Waals surface area contributed by atoms with E-state index < -0.39 is 5.97 Å². The minimum absolute atomic E-state index is 0.126. The number of aromatic nitrogens is 3. The first-order chi connectivity index (χ1) is 10.9. The van der Waals surface area contributed by atoms with Crippen molar-refractivity contribution in [2.75, 3.05) is 13.2 Å². The molecule has 3 rings (SSSR count). The van der Waals surface area contributed by atoms with Crippen LogP contribution in [-0.2, 0) is 9.47 Å². The Hall–Kier alpha value is -1.47. The predicted molar refractivity (Wildman–Crippen MR) is 88.6 cm³/mol. The fourth-order valence-electron chi connectivity index (χ4n) is 2.98. The fraction of sp³-hybridized carbons (Fsp3) is 0.562. The molecular formula is C16H20BrN3O3. The third-order valence-corrected chi connectivity index (χ3v) is 4.80. The summed E-state index contributed by atoms with van der Waals surface area (Å²) in [6.07, 6.45) is 5.71. The Kier molecular flexibility index (Phi) is 4.42. The number of ether oxygens (including phenoxy) is 2. The van der Waals surface area contributed by atoms with Crippen molar-refractivity contribution in [3.05, 3.63) is 28.1 Å². The maximum atomic E-state index is 11.9. The average Bonchev–Trinajstić information content (AvgIpc) is 2.83. The summed E-state index contributed by atoms with van der Waals surface area (Å²) < 4.78 is 13.0. The highest BCUT2D eigenvalue weighted by Gasteiger charge is 2.30. The highest BCUT2D eigenvalue weighted by Crippen LogP contribution is 2.35. The summed E-state index contributed by atoms with van der Waals surface area (Å²) in [6.45, 7) is 7.04. The first kappa shape index (κ1) is 16.4. The van der Waals surface area contributed by atoms with Crippen molar-refractivity contribution in [1.29, 1.82) is 0 Å². The summed E-state index contributed by atoms with van der Waals surface area (Å²) in [5, 5.41) is 4.32. The van der Waals surface area contributed by atoms with Gasteiger partial charge in [-0.2, -0.15) is 5.10 Å². The third kappa shape index (κ3) is 3.26. The van der Waals surface area contributed by atoms with E-state index in [1.54, 1.807) is 11.4 Å². The second kappa shape index (κ2) is 6.20. The Morgan fingerprint density at radius 1 is 1.57 bits per heavy atom. The van der Waals surface area contributed by atoms with Crippen LogP contribution in [0.1, 0.15) is 55.6 Å². The molecule has 0 spiro atoms. The SMILES string of the molecule is CCOC(=O)c1nn2cc(C3CCOC(C)(C)C3)cnc2c1Br. The first-order valence-corrected chi connectivity index (χ1v) is 8.55. The lowest BCUT2D eigenvalue weighted by Gasteiger charge is -2.35. The van der Waals surface area contributed by atoms with Crippen LogP contribution in [0.15, 0.2) is 16.9 Å². The summed E-state index contributed by atoms with van der Waals surface area (Å²) in [6, 6.07) is 0. The van der Waals surface area contributed by atoms with Crippen LogP contribution in [0.4, 0.5) is 0 Å². The molecule has 2 aromatic heterocycles. The van der Waals surface area contributed by atoms with Gasteiger partial charge in [0.15, 0.2) is 11.3 Å². The van der Waals surface area contributed by atoms with Gasteiger partial charge >= 0.3 is 5.97 Å². The topological polar surface area (TPSA) is 65.7 Å². The van der Waals surface area contributed by atoms with Gasteiger partial charge in [0.2, 0.25) is 0 Å². The molecule has 0 saturated carbocycles. The van der Waals surface area contributed by atoms with E-state index in [4.69, 9.17) is 9.47 Å². The largest absolute Gasteiger partial charge is 0.461 e. The van der Waals surface area contributed by atoms with Crippen LogP contribution < -0.4 is 0 Å². The van der Waals surface area contributed by atoms with Crippen molar-refractivity contribution in [3.63, 3.8) is 0 Å².